The SMILES string of the molecule is CCNCCC=C(C)c1cccc(Cl)c1. The summed E-state index contributed by atoms with van der Waals surface area (Å²) in [6.07, 6.45) is 3.31. The fourth-order valence-electron chi connectivity index (χ4n) is 1.42. The van der Waals surface area contributed by atoms with E-state index in [1.54, 1.807) is 0 Å². The van der Waals surface area contributed by atoms with E-state index < -0.39 is 0 Å². The van der Waals surface area contributed by atoms with Gasteiger partial charge in [-0.25, -0.2) is 0 Å². The first-order valence-electron chi connectivity index (χ1n) is 5.37. The third kappa shape index (κ3) is 4.50. The lowest BCUT2D eigenvalue weighted by atomic mass is 10.1. The monoisotopic (exact) mass is 223 g/mol. The lowest BCUT2D eigenvalue weighted by molar-refractivity contribution is 0.727. The maximum absolute atomic E-state index is 5.93. The Morgan fingerprint density at radius 1 is 1.47 bits per heavy atom. The summed E-state index contributed by atoms with van der Waals surface area (Å²) in [6, 6.07) is 7.97. The molecule has 0 saturated heterocycles. The number of halogens is 1. The van der Waals surface area contributed by atoms with Gasteiger partial charge in [0.05, 0.1) is 0 Å². The van der Waals surface area contributed by atoms with Crippen molar-refractivity contribution >= 4 is 17.2 Å². The standard InChI is InChI=1S/C13H18ClN/c1-3-15-9-5-6-11(2)12-7-4-8-13(14)10-12/h4,6-8,10,15H,3,5,9H2,1-2H3. The second-order valence-corrected chi connectivity index (χ2v) is 3.98. The molecule has 0 spiro atoms. The highest BCUT2D eigenvalue weighted by molar-refractivity contribution is 6.30. The van der Waals surface area contributed by atoms with Crippen molar-refractivity contribution in [3.05, 3.63) is 40.9 Å². The molecule has 1 N–H and O–H groups in total. The van der Waals surface area contributed by atoms with Crippen molar-refractivity contribution in [2.24, 2.45) is 0 Å². The first kappa shape index (κ1) is 12.3. The molecule has 0 fully saturated rings. The third-order valence-corrected chi connectivity index (χ3v) is 2.54. The Labute approximate surface area is 97.1 Å². The van der Waals surface area contributed by atoms with Crippen LogP contribution in [0.4, 0.5) is 0 Å². The highest BCUT2D eigenvalue weighted by Gasteiger charge is 1.95. The molecule has 0 radical (unpaired) electrons. The lowest BCUT2D eigenvalue weighted by Crippen LogP contribution is -2.13. The minimum absolute atomic E-state index is 0.798. The van der Waals surface area contributed by atoms with Gasteiger partial charge >= 0.3 is 0 Å². The minimum Gasteiger partial charge on any atom is -0.317 e. The average molecular weight is 224 g/mol. The van der Waals surface area contributed by atoms with E-state index in [9.17, 15) is 0 Å². The maximum atomic E-state index is 5.93. The van der Waals surface area contributed by atoms with E-state index in [1.807, 2.05) is 18.2 Å². The molecule has 0 atom stereocenters. The molecule has 0 bridgehead atoms. The number of hydrogen-bond acceptors (Lipinski definition) is 1. The van der Waals surface area contributed by atoms with Crippen molar-refractivity contribution in [3.63, 3.8) is 0 Å². The smallest absolute Gasteiger partial charge is 0.0412 e. The van der Waals surface area contributed by atoms with Crippen LogP contribution in [0.15, 0.2) is 30.3 Å². The van der Waals surface area contributed by atoms with Crippen LogP contribution in [0.25, 0.3) is 5.57 Å². The highest BCUT2D eigenvalue weighted by Crippen LogP contribution is 2.18. The number of benzene rings is 1. The largest absolute Gasteiger partial charge is 0.317 e. The molecule has 1 nitrogen and oxygen atoms in total. The zero-order chi connectivity index (χ0) is 11.1. The van der Waals surface area contributed by atoms with Crippen molar-refractivity contribution < 1.29 is 0 Å². The molecule has 82 valence electrons. The second kappa shape index (κ2) is 6.65. The summed E-state index contributed by atoms with van der Waals surface area (Å²) >= 11 is 5.93. The second-order valence-electron chi connectivity index (χ2n) is 3.54. The van der Waals surface area contributed by atoms with Crippen LogP contribution in [0, 0.1) is 0 Å². The molecule has 0 aliphatic rings. The van der Waals surface area contributed by atoms with Gasteiger partial charge in [0.2, 0.25) is 0 Å². The third-order valence-electron chi connectivity index (χ3n) is 2.30. The molecule has 0 amide bonds. The summed E-state index contributed by atoms with van der Waals surface area (Å²) in [5, 5.41) is 4.09. The van der Waals surface area contributed by atoms with E-state index in [1.165, 1.54) is 11.1 Å². The predicted octanol–water partition coefficient (Wildman–Crippen LogP) is 3.74. The van der Waals surface area contributed by atoms with E-state index >= 15 is 0 Å². The van der Waals surface area contributed by atoms with Crippen molar-refractivity contribution in [1.29, 1.82) is 0 Å². The zero-order valence-electron chi connectivity index (χ0n) is 9.39. The summed E-state index contributed by atoms with van der Waals surface area (Å²) in [6.45, 7) is 6.31. The van der Waals surface area contributed by atoms with Gasteiger partial charge in [-0.3, -0.25) is 0 Å². The van der Waals surface area contributed by atoms with E-state index in [4.69, 9.17) is 11.6 Å². The van der Waals surface area contributed by atoms with E-state index in [0.717, 1.165) is 24.5 Å². The molecule has 0 unspecified atom stereocenters. The summed E-state index contributed by atoms with van der Waals surface area (Å²) in [5.41, 5.74) is 2.49. The molecule has 0 heterocycles. The topological polar surface area (TPSA) is 12.0 Å². The number of nitrogens with one attached hydrogen (secondary N) is 1. The van der Waals surface area contributed by atoms with Gasteiger partial charge in [0, 0.05) is 5.02 Å². The van der Waals surface area contributed by atoms with Gasteiger partial charge in [-0.05, 0) is 49.7 Å². The number of allylic oxidation sites excluding steroid dienone is 1. The van der Waals surface area contributed by atoms with Gasteiger partial charge in [-0.15, -0.1) is 0 Å². The molecule has 15 heavy (non-hydrogen) atoms. The van der Waals surface area contributed by atoms with Crippen LogP contribution in [0.2, 0.25) is 5.02 Å². The Morgan fingerprint density at radius 2 is 2.27 bits per heavy atom. The van der Waals surface area contributed by atoms with Gasteiger partial charge < -0.3 is 5.32 Å². The molecule has 0 aromatic heterocycles. The zero-order valence-corrected chi connectivity index (χ0v) is 10.1. The summed E-state index contributed by atoms with van der Waals surface area (Å²) in [4.78, 5) is 0. The number of rotatable bonds is 5. The van der Waals surface area contributed by atoms with Gasteiger partial charge in [0.25, 0.3) is 0 Å². The van der Waals surface area contributed by atoms with Crippen molar-refractivity contribution in [2.75, 3.05) is 13.1 Å². The van der Waals surface area contributed by atoms with Gasteiger partial charge in [-0.2, -0.15) is 0 Å². The molecular formula is C13H18ClN. The van der Waals surface area contributed by atoms with Crippen LogP contribution >= 0.6 is 11.6 Å². The highest BCUT2D eigenvalue weighted by atomic mass is 35.5. The molecule has 1 aromatic carbocycles. The number of hydrogen-bond donors (Lipinski definition) is 1. The summed E-state index contributed by atoms with van der Waals surface area (Å²) in [5.74, 6) is 0. The van der Waals surface area contributed by atoms with E-state index in [0.29, 0.717) is 0 Å². The molecular weight excluding hydrogens is 206 g/mol. The van der Waals surface area contributed by atoms with Crippen LogP contribution in [0.3, 0.4) is 0 Å². The van der Waals surface area contributed by atoms with Crippen LogP contribution in [-0.2, 0) is 0 Å². The quantitative estimate of drug-likeness (QED) is 0.750. The molecule has 1 aromatic rings. The van der Waals surface area contributed by atoms with E-state index in [2.05, 4.69) is 31.3 Å². The lowest BCUT2D eigenvalue weighted by Gasteiger charge is -2.03. The van der Waals surface area contributed by atoms with Crippen molar-refractivity contribution in [3.8, 4) is 0 Å². The van der Waals surface area contributed by atoms with Gasteiger partial charge in [0.15, 0.2) is 0 Å². The fraction of sp³-hybridized carbons (Fsp3) is 0.385. The first-order chi connectivity index (χ1) is 7.24. The Morgan fingerprint density at radius 3 is 2.93 bits per heavy atom. The fourth-order valence-corrected chi connectivity index (χ4v) is 1.61. The van der Waals surface area contributed by atoms with Crippen molar-refractivity contribution in [2.45, 2.75) is 20.3 Å². The Kier molecular flexibility index (Phi) is 5.44. The van der Waals surface area contributed by atoms with Crippen LogP contribution in [0.5, 0.6) is 0 Å². The molecule has 0 aliphatic heterocycles. The predicted molar refractivity (Wildman–Crippen MR) is 68.3 cm³/mol. The Bertz CT molecular complexity index is 331. The Balaban J connectivity index is 2.55. The molecule has 2 heteroatoms. The van der Waals surface area contributed by atoms with Crippen LogP contribution in [-0.4, -0.2) is 13.1 Å². The molecule has 0 aliphatic carbocycles. The van der Waals surface area contributed by atoms with Crippen molar-refractivity contribution in [1.82, 2.24) is 5.32 Å². The maximum Gasteiger partial charge on any atom is 0.0412 e. The van der Waals surface area contributed by atoms with Gasteiger partial charge in [0.1, 0.15) is 0 Å². The molecule has 0 saturated carbocycles. The van der Waals surface area contributed by atoms with Crippen LogP contribution < -0.4 is 5.32 Å². The van der Waals surface area contributed by atoms with Gasteiger partial charge in [-0.1, -0.05) is 36.7 Å². The molecule has 1 rings (SSSR count). The minimum atomic E-state index is 0.798. The summed E-state index contributed by atoms with van der Waals surface area (Å²) < 4.78 is 0. The normalized spacial score (nSPS) is 11.8. The average Bonchev–Trinajstić information content (AvgIpc) is 2.24. The first-order valence-corrected chi connectivity index (χ1v) is 5.75. The van der Waals surface area contributed by atoms with Crippen LogP contribution in [0.1, 0.15) is 25.8 Å². The summed E-state index contributed by atoms with van der Waals surface area (Å²) in [7, 11) is 0. The Hall–Kier alpha value is -0.790. The van der Waals surface area contributed by atoms with E-state index in [-0.39, 0.29) is 0 Å².